The van der Waals surface area contributed by atoms with E-state index >= 15 is 0 Å². The first-order valence-corrected chi connectivity index (χ1v) is 5.05. The van der Waals surface area contributed by atoms with Crippen LogP contribution < -0.4 is 5.32 Å². The van der Waals surface area contributed by atoms with E-state index < -0.39 is 0 Å². The van der Waals surface area contributed by atoms with Gasteiger partial charge < -0.3 is 10.1 Å². The van der Waals surface area contributed by atoms with Gasteiger partial charge in [-0.3, -0.25) is 0 Å². The summed E-state index contributed by atoms with van der Waals surface area (Å²) in [6.07, 6.45) is 2.54. The van der Waals surface area contributed by atoms with Crippen molar-refractivity contribution in [2.24, 2.45) is 0 Å². The quantitative estimate of drug-likeness (QED) is 0.719. The number of aromatic nitrogens is 1. The van der Waals surface area contributed by atoms with Gasteiger partial charge in [0.05, 0.1) is 5.69 Å². The van der Waals surface area contributed by atoms with Crippen LogP contribution in [-0.2, 0) is 4.74 Å². The first-order valence-electron chi connectivity index (χ1n) is 5.05. The second kappa shape index (κ2) is 6.80. The van der Waals surface area contributed by atoms with E-state index in [4.69, 9.17) is 10.00 Å². The number of hydrogen-bond donors (Lipinski definition) is 1. The minimum Gasteiger partial charge on any atom is -0.383 e. The number of nitrogens with one attached hydrogen (secondary N) is 1. The number of ether oxygens (including phenoxy) is 1. The Morgan fingerprint density at radius 1 is 1.60 bits per heavy atom. The molecule has 0 saturated heterocycles. The van der Waals surface area contributed by atoms with Crippen LogP contribution in [0.2, 0.25) is 0 Å². The summed E-state index contributed by atoms with van der Waals surface area (Å²) in [7, 11) is 0. The Balaban J connectivity index is 2.34. The third-order valence-electron chi connectivity index (χ3n) is 1.90. The zero-order chi connectivity index (χ0) is 10.9. The number of pyridine rings is 1. The van der Waals surface area contributed by atoms with Gasteiger partial charge in [0.15, 0.2) is 5.69 Å². The van der Waals surface area contributed by atoms with Crippen LogP contribution >= 0.6 is 0 Å². The van der Waals surface area contributed by atoms with Gasteiger partial charge in [-0.15, -0.1) is 0 Å². The minimum absolute atomic E-state index is 0.439. The molecule has 1 aromatic heterocycles. The van der Waals surface area contributed by atoms with Crippen LogP contribution in [0.4, 0.5) is 5.69 Å². The zero-order valence-corrected chi connectivity index (χ0v) is 8.86. The minimum atomic E-state index is 0.439. The molecule has 0 aliphatic rings. The maximum absolute atomic E-state index is 8.78. The summed E-state index contributed by atoms with van der Waals surface area (Å²) in [4.78, 5) is 3.96. The van der Waals surface area contributed by atoms with E-state index in [1.807, 2.05) is 25.1 Å². The van der Waals surface area contributed by atoms with Gasteiger partial charge in [-0.2, -0.15) is 5.26 Å². The van der Waals surface area contributed by atoms with Crippen molar-refractivity contribution in [2.45, 2.75) is 13.3 Å². The van der Waals surface area contributed by atoms with E-state index in [9.17, 15) is 0 Å². The van der Waals surface area contributed by atoms with Crippen LogP contribution in [-0.4, -0.2) is 24.7 Å². The van der Waals surface area contributed by atoms with Crippen molar-refractivity contribution in [1.29, 1.82) is 5.26 Å². The van der Waals surface area contributed by atoms with Gasteiger partial charge >= 0.3 is 0 Å². The standard InChI is InChI=1S/C11H15N3O/c1-2-15-8-4-7-13-10-5-3-6-14-11(10)9-12/h3,5-6,13H,2,4,7-8H2,1H3. The molecule has 0 bridgehead atoms. The highest BCUT2D eigenvalue weighted by molar-refractivity contribution is 5.53. The van der Waals surface area contributed by atoms with Gasteiger partial charge in [0, 0.05) is 26.0 Å². The van der Waals surface area contributed by atoms with Crippen LogP contribution in [0.25, 0.3) is 0 Å². The molecule has 0 aliphatic carbocycles. The Kier molecular flexibility index (Phi) is 5.20. The molecular formula is C11H15N3O. The number of nitrogens with zero attached hydrogens (tertiary/aromatic N) is 2. The zero-order valence-electron chi connectivity index (χ0n) is 8.86. The van der Waals surface area contributed by atoms with E-state index in [-0.39, 0.29) is 0 Å². The monoisotopic (exact) mass is 205 g/mol. The molecule has 80 valence electrons. The summed E-state index contributed by atoms with van der Waals surface area (Å²) < 4.78 is 5.21. The van der Waals surface area contributed by atoms with Crippen molar-refractivity contribution in [3.8, 4) is 6.07 Å². The highest BCUT2D eigenvalue weighted by Gasteiger charge is 1.99. The predicted molar refractivity (Wildman–Crippen MR) is 58.6 cm³/mol. The van der Waals surface area contributed by atoms with E-state index in [0.29, 0.717) is 5.69 Å². The lowest BCUT2D eigenvalue weighted by Gasteiger charge is -2.06. The summed E-state index contributed by atoms with van der Waals surface area (Å²) in [5, 5.41) is 11.9. The molecule has 0 unspecified atom stereocenters. The highest BCUT2D eigenvalue weighted by atomic mass is 16.5. The lowest BCUT2D eigenvalue weighted by Crippen LogP contribution is -2.07. The molecule has 1 rings (SSSR count). The molecule has 4 nitrogen and oxygen atoms in total. The van der Waals surface area contributed by atoms with Crippen LogP contribution in [0.15, 0.2) is 18.3 Å². The third-order valence-corrected chi connectivity index (χ3v) is 1.90. The van der Waals surface area contributed by atoms with Crippen molar-refractivity contribution >= 4 is 5.69 Å². The lowest BCUT2D eigenvalue weighted by molar-refractivity contribution is 0.147. The van der Waals surface area contributed by atoms with Gasteiger partial charge in [0.2, 0.25) is 0 Å². The van der Waals surface area contributed by atoms with E-state index in [1.165, 1.54) is 0 Å². The first kappa shape index (κ1) is 11.5. The second-order valence-corrected chi connectivity index (χ2v) is 2.99. The molecule has 4 heteroatoms. The van der Waals surface area contributed by atoms with Crippen LogP contribution in [0.3, 0.4) is 0 Å². The number of anilines is 1. The topological polar surface area (TPSA) is 57.9 Å². The second-order valence-electron chi connectivity index (χ2n) is 2.99. The Labute approximate surface area is 89.9 Å². The maximum Gasteiger partial charge on any atom is 0.163 e. The predicted octanol–water partition coefficient (Wildman–Crippen LogP) is 1.79. The third kappa shape index (κ3) is 3.96. The molecule has 0 atom stereocenters. The molecule has 0 aromatic carbocycles. The van der Waals surface area contributed by atoms with Gasteiger partial charge in [-0.05, 0) is 25.5 Å². The van der Waals surface area contributed by atoms with Crippen molar-refractivity contribution in [1.82, 2.24) is 4.98 Å². The van der Waals surface area contributed by atoms with Gasteiger partial charge in [0.25, 0.3) is 0 Å². The van der Waals surface area contributed by atoms with Crippen molar-refractivity contribution in [3.63, 3.8) is 0 Å². The summed E-state index contributed by atoms with van der Waals surface area (Å²) in [6.45, 7) is 4.25. The number of nitriles is 1. The summed E-state index contributed by atoms with van der Waals surface area (Å²) in [6, 6.07) is 5.71. The molecule has 1 aromatic rings. The normalized spacial score (nSPS) is 9.60. The fourth-order valence-electron chi connectivity index (χ4n) is 1.18. The molecular weight excluding hydrogens is 190 g/mol. The Bertz CT molecular complexity index is 333. The number of hydrogen-bond acceptors (Lipinski definition) is 4. The van der Waals surface area contributed by atoms with E-state index in [1.54, 1.807) is 6.20 Å². The average molecular weight is 205 g/mol. The molecule has 0 aliphatic heterocycles. The van der Waals surface area contributed by atoms with Gasteiger partial charge in [0.1, 0.15) is 6.07 Å². The Morgan fingerprint density at radius 2 is 2.47 bits per heavy atom. The lowest BCUT2D eigenvalue weighted by atomic mass is 10.3. The largest absolute Gasteiger partial charge is 0.383 e. The summed E-state index contributed by atoms with van der Waals surface area (Å²) in [5.74, 6) is 0. The molecule has 1 N–H and O–H groups in total. The highest BCUT2D eigenvalue weighted by Crippen LogP contribution is 2.09. The Hall–Kier alpha value is -1.60. The van der Waals surface area contributed by atoms with Crippen LogP contribution in [0.5, 0.6) is 0 Å². The first-order chi connectivity index (χ1) is 7.38. The van der Waals surface area contributed by atoms with E-state index in [0.717, 1.165) is 31.9 Å². The van der Waals surface area contributed by atoms with Crippen molar-refractivity contribution < 1.29 is 4.74 Å². The molecule has 0 fully saturated rings. The molecule has 0 amide bonds. The smallest absolute Gasteiger partial charge is 0.163 e. The number of rotatable bonds is 6. The fraction of sp³-hybridized carbons (Fsp3) is 0.455. The molecule has 0 spiro atoms. The maximum atomic E-state index is 8.78. The summed E-state index contributed by atoms with van der Waals surface area (Å²) in [5.41, 5.74) is 1.23. The molecule has 15 heavy (non-hydrogen) atoms. The molecule has 1 heterocycles. The average Bonchev–Trinajstić information content (AvgIpc) is 2.29. The summed E-state index contributed by atoms with van der Waals surface area (Å²) >= 11 is 0. The molecule has 0 saturated carbocycles. The van der Waals surface area contributed by atoms with Gasteiger partial charge in [-0.25, -0.2) is 4.98 Å². The van der Waals surface area contributed by atoms with Crippen molar-refractivity contribution in [2.75, 3.05) is 25.1 Å². The fourth-order valence-corrected chi connectivity index (χ4v) is 1.18. The van der Waals surface area contributed by atoms with Crippen molar-refractivity contribution in [3.05, 3.63) is 24.0 Å². The van der Waals surface area contributed by atoms with Crippen LogP contribution in [0.1, 0.15) is 19.0 Å². The SMILES string of the molecule is CCOCCCNc1cccnc1C#N. The Morgan fingerprint density at radius 3 is 3.20 bits per heavy atom. The van der Waals surface area contributed by atoms with Gasteiger partial charge in [-0.1, -0.05) is 0 Å². The van der Waals surface area contributed by atoms with Crippen LogP contribution in [0, 0.1) is 11.3 Å². The molecule has 0 radical (unpaired) electrons. The van der Waals surface area contributed by atoms with E-state index in [2.05, 4.69) is 10.3 Å².